The van der Waals surface area contributed by atoms with Crippen molar-refractivity contribution in [1.29, 1.82) is 0 Å². The normalized spacial score (nSPS) is 17.2. The summed E-state index contributed by atoms with van der Waals surface area (Å²) in [5, 5.41) is 5.69. The number of hydrogen-bond acceptors (Lipinski definition) is 7. The van der Waals surface area contributed by atoms with E-state index in [0.29, 0.717) is 25.7 Å². The second-order valence-electron chi connectivity index (χ2n) is 10.4. The summed E-state index contributed by atoms with van der Waals surface area (Å²) in [5.74, 6) is -2.94. The van der Waals surface area contributed by atoms with Gasteiger partial charge in [-0.15, -0.1) is 0 Å². The summed E-state index contributed by atoms with van der Waals surface area (Å²) in [5.41, 5.74) is -1.38. The predicted octanol–water partition coefficient (Wildman–Crippen LogP) is 1.66. The van der Waals surface area contributed by atoms with Crippen molar-refractivity contribution < 1.29 is 40.4 Å². The monoisotopic (exact) mass is 627 g/mol. The number of nitrogens with one attached hydrogen (secondary N) is 2. The average molecular weight is 628 g/mol. The lowest BCUT2D eigenvalue weighted by Gasteiger charge is -2.28. The molecule has 43 heavy (non-hydrogen) atoms. The Kier molecular flexibility index (Phi) is 10.3. The van der Waals surface area contributed by atoms with E-state index in [4.69, 9.17) is 0 Å². The van der Waals surface area contributed by atoms with Crippen LogP contribution < -0.4 is 15.5 Å². The van der Waals surface area contributed by atoms with Crippen LogP contribution in [-0.4, -0.2) is 99.8 Å². The van der Waals surface area contributed by atoms with Gasteiger partial charge in [0, 0.05) is 44.8 Å². The smallest absolute Gasteiger partial charge is 0.351 e. The number of alkyl halides is 3. The molecule has 10 nitrogen and oxygen atoms in total. The highest BCUT2D eigenvalue weighted by atomic mass is 32.2. The van der Waals surface area contributed by atoms with Gasteiger partial charge in [-0.2, -0.15) is 13.2 Å². The number of carbonyl (C=O) groups is 3. The van der Waals surface area contributed by atoms with Crippen LogP contribution in [-0.2, 0) is 32.1 Å². The Labute approximate surface area is 246 Å². The van der Waals surface area contributed by atoms with E-state index in [1.807, 2.05) is 0 Å². The number of sulfone groups is 1. The second kappa shape index (κ2) is 13.7. The van der Waals surface area contributed by atoms with Crippen molar-refractivity contribution in [2.24, 2.45) is 0 Å². The molecule has 0 radical (unpaired) electrons. The summed E-state index contributed by atoms with van der Waals surface area (Å²) in [6, 6.07) is 8.36. The first-order valence-corrected chi connectivity index (χ1v) is 15.6. The standard InChI is InChI=1S/C28H33F4N5O5S/c29-23-4-1-2-5-24(23)37(19-26(39)35-8-3-6-33-7-9-35)18-25(38)34-17-20-14-21(16-22(15-20)28(30,31)32)27(40)36-10-12-43(41,42)13-11-36/h1-2,4-5,14-16,33H,3,6-13,17-19H2,(H,34,38). The number of halogens is 4. The lowest BCUT2D eigenvalue weighted by atomic mass is 10.0. The molecule has 2 N–H and O–H groups in total. The van der Waals surface area contributed by atoms with Crippen molar-refractivity contribution in [2.75, 3.05) is 68.8 Å². The van der Waals surface area contributed by atoms with Crippen molar-refractivity contribution >= 4 is 33.2 Å². The minimum atomic E-state index is -4.79. The summed E-state index contributed by atoms with van der Waals surface area (Å²) >= 11 is 0. The van der Waals surface area contributed by atoms with Crippen LogP contribution in [0.5, 0.6) is 0 Å². The van der Waals surface area contributed by atoms with Crippen molar-refractivity contribution in [3.8, 4) is 0 Å². The van der Waals surface area contributed by atoms with E-state index in [1.54, 1.807) is 11.0 Å². The van der Waals surface area contributed by atoms with Gasteiger partial charge < -0.3 is 25.3 Å². The zero-order chi connectivity index (χ0) is 31.2. The fraction of sp³-hybridized carbons (Fsp3) is 0.464. The molecule has 0 bridgehead atoms. The molecule has 2 saturated heterocycles. The fourth-order valence-corrected chi connectivity index (χ4v) is 6.10. The summed E-state index contributed by atoms with van der Waals surface area (Å²) in [7, 11) is -3.31. The number of para-hydroxylation sites is 1. The molecule has 4 rings (SSSR count). The van der Waals surface area contributed by atoms with Gasteiger partial charge in [0.05, 0.1) is 35.8 Å². The number of anilines is 1. The quantitative estimate of drug-likeness (QED) is 0.428. The number of benzene rings is 2. The van der Waals surface area contributed by atoms with E-state index < -0.39 is 45.8 Å². The highest BCUT2D eigenvalue weighted by Crippen LogP contribution is 2.31. The molecule has 0 unspecified atom stereocenters. The van der Waals surface area contributed by atoms with Gasteiger partial charge in [0.2, 0.25) is 11.8 Å². The number of hydrogen-bond donors (Lipinski definition) is 2. The van der Waals surface area contributed by atoms with Crippen molar-refractivity contribution in [2.45, 2.75) is 19.1 Å². The van der Waals surface area contributed by atoms with Crippen LogP contribution in [0, 0.1) is 5.82 Å². The molecule has 234 valence electrons. The first-order chi connectivity index (χ1) is 20.3. The van der Waals surface area contributed by atoms with Gasteiger partial charge in [-0.25, -0.2) is 12.8 Å². The third kappa shape index (κ3) is 8.89. The Bertz CT molecular complexity index is 1430. The molecular formula is C28H33F4N5O5S. The summed E-state index contributed by atoms with van der Waals surface area (Å²) < 4.78 is 79.1. The number of nitrogens with zero attached hydrogens (tertiary/aromatic N) is 3. The largest absolute Gasteiger partial charge is 0.416 e. The van der Waals surface area contributed by atoms with E-state index in [1.165, 1.54) is 34.1 Å². The molecule has 2 aromatic carbocycles. The van der Waals surface area contributed by atoms with E-state index in [9.17, 15) is 40.4 Å². The second-order valence-corrected chi connectivity index (χ2v) is 12.7. The highest BCUT2D eigenvalue weighted by molar-refractivity contribution is 7.91. The van der Waals surface area contributed by atoms with Gasteiger partial charge in [0.25, 0.3) is 5.91 Å². The molecule has 2 aliphatic heterocycles. The Hall–Kier alpha value is -3.72. The van der Waals surface area contributed by atoms with E-state index in [0.717, 1.165) is 19.0 Å². The van der Waals surface area contributed by atoms with Gasteiger partial charge in [-0.05, 0) is 48.9 Å². The van der Waals surface area contributed by atoms with Crippen LogP contribution in [0.3, 0.4) is 0 Å². The molecule has 15 heteroatoms. The molecule has 0 atom stereocenters. The van der Waals surface area contributed by atoms with E-state index >= 15 is 0 Å². The average Bonchev–Trinajstić information content (AvgIpc) is 3.25. The van der Waals surface area contributed by atoms with Crippen LogP contribution in [0.2, 0.25) is 0 Å². The number of rotatable bonds is 8. The summed E-state index contributed by atoms with van der Waals surface area (Å²) in [4.78, 5) is 43.1. The highest BCUT2D eigenvalue weighted by Gasteiger charge is 2.33. The maximum Gasteiger partial charge on any atom is 0.416 e. The molecule has 0 aliphatic carbocycles. The van der Waals surface area contributed by atoms with Gasteiger partial charge in [0.15, 0.2) is 9.84 Å². The first kappa shape index (κ1) is 32.2. The van der Waals surface area contributed by atoms with Gasteiger partial charge >= 0.3 is 6.18 Å². The third-order valence-electron chi connectivity index (χ3n) is 7.23. The number of amides is 3. The van der Waals surface area contributed by atoms with Crippen LogP contribution >= 0.6 is 0 Å². The van der Waals surface area contributed by atoms with Gasteiger partial charge in [0.1, 0.15) is 5.82 Å². The first-order valence-electron chi connectivity index (χ1n) is 13.8. The SMILES string of the molecule is O=C(CN(CC(=O)N1CCCNCC1)c1ccccc1F)NCc1cc(C(=O)N2CCS(=O)(=O)CC2)cc(C(F)(F)F)c1. The Morgan fingerprint density at radius 3 is 2.35 bits per heavy atom. The van der Waals surface area contributed by atoms with E-state index in [-0.39, 0.29) is 60.4 Å². The third-order valence-corrected chi connectivity index (χ3v) is 8.84. The van der Waals surface area contributed by atoms with Gasteiger partial charge in [-0.1, -0.05) is 12.1 Å². The predicted molar refractivity (Wildman–Crippen MR) is 151 cm³/mol. The van der Waals surface area contributed by atoms with Crippen LogP contribution in [0.15, 0.2) is 42.5 Å². The maximum atomic E-state index is 14.7. The Balaban J connectivity index is 1.48. The topological polar surface area (TPSA) is 119 Å². The summed E-state index contributed by atoms with van der Waals surface area (Å²) in [6.45, 7) is 0.926. The molecule has 0 saturated carbocycles. The number of carbonyl (C=O) groups excluding carboxylic acids is 3. The maximum absolute atomic E-state index is 14.7. The lowest BCUT2D eigenvalue weighted by Crippen LogP contribution is -2.45. The molecule has 2 aromatic rings. The van der Waals surface area contributed by atoms with Crippen LogP contribution in [0.25, 0.3) is 0 Å². The molecule has 2 heterocycles. The molecule has 2 aliphatic rings. The molecule has 0 aromatic heterocycles. The fourth-order valence-electron chi connectivity index (χ4n) is 4.90. The van der Waals surface area contributed by atoms with Crippen molar-refractivity contribution in [3.05, 3.63) is 65.0 Å². The Morgan fingerprint density at radius 2 is 1.65 bits per heavy atom. The molecule has 3 amide bonds. The molecule has 2 fully saturated rings. The minimum absolute atomic E-state index is 0.0123. The Morgan fingerprint density at radius 1 is 0.930 bits per heavy atom. The molecule has 0 spiro atoms. The van der Waals surface area contributed by atoms with Gasteiger partial charge in [-0.3, -0.25) is 14.4 Å². The van der Waals surface area contributed by atoms with Crippen LogP contribution in [0.4, 0.5) is 23.2 Å². The minimum Gasteiger partial charge on any atom is -0.351 e. The zero-order valence-corrected chi connectivity index (χ0v) is 24.1. The lowest BCUT2D eigenvalue weighted by molar-refractivity contribution is -0.137. The van der Waals surface area contributed by atoms with E-state index in [2.05, 4.69) is 10.6 Å². The van der Waals surface area contributed by atoms with Crippen molar-refractivity contribution in [3.63, 3.8) is 0 Å². The molecular weight excluding hydrogens is 594 g/mol. The van der Waals surface area contributed by atoms with Crippen LogP contribution in [0.1, 0.15) is 27.9 Å². The summed E-state index contributed by atoms with van der Waals surface area (Å²) in [6.07, 6.45) is -4.05. The van der Waals surface area contributed by atoms with Crippen molar-refractivity contribution in [1.82, 2.24) is 20.4 Å². The zero-order valence-electron chi connectivity index (χ0n) is 23.3.